The van der Waals surface area contributed by atoms with Crippen LogP contribution in [0.25, 0.3) is 11.8 Å². The minimum Gasteiger partial charge on any atom is -0.346 e. The van der Waals surface area contributed by atoms with Crippen molar-refractivity contribution in [1.82, 2.24) is 24.9 Å². The first-order valence-electron chi connectivity index (χ1n) is 8.12. The van der Waals surface area contributed by atoms with E-state index in [-0.39, 0.29) is 11.9 Å². The third kappa shape index (κ3) is 3.85. The van der Waals surface area contributed by atoms with Gasteiger partial charge in [0.05, 0.1) is 24.1 Å². The Labute approximate surface area is 146 Å². The molecule has 0 aliphatic heterocycles. The average Bonchev–Trinajstić information content (AvgIpc) is 3.19. The molecule has 3 rings (SSSR count). The van der Waals surface area contributed by atoms with Crippen LogP contribution in [0.1, 0.15) is 29.8 Å². The molecule has 2 heterocycles. The highest BCUT2D eigenvalue weighted by Gasteiger charge is 2.15. The topological polar surface area (TPSA) is 64.7 Å². The van der Waals surface area contributed by atoms with E-state index in [1.54, 1.807) is 23.2 Å². The maximum atomic E-state index is 12.1. The second kappa shape index (κ2) is 7.17. The highest BCUT2D eigenvalue weighted by Crippen LogP contribution is 2.20. The Morgan fingerprint density at radius 1 is 1.20 bits per heavy atom. The number of nitrogens with one attached hydrogen (secondary N) is 1. The number of amides is 1. The molecule has 0 saturated carbocycles. The summed E-state index contributed by atoms with van der Waals surface area (Å²) in [5.74, 6) is -0.150. The Bertz CT molecular complexity index is 892. The summed E-state index contributed by atoms with van der Waals surface area (Å²) < 4.78 is 3.57. The fourth-order valence-corrected chi connectivity index (χ4v) is 2.71. The van der Waals surface area contributed by atoms with Crippen LogP contribution >= 0.6 is 0 Å². The fraction of sp³-hybridized carbons (Fsp3) is 0.211. The van der Waals surface area contributed by atoms with Gasteiger partial charge in [0.1, 0.15) is 0 Å². The van der Waals surface area contributed by atoms with Gasteiger partial charge in [0.25, 0.3) is 0 Å². The van der Waals surface area contributed by atoms with E-state index in [1.807, 2.05) is 62.1 Å². The number of hydrogen-bond acceptors (Lipinski definition) is 3. The zero-order valence-corrected chi connectivity index (χ0v) is 14.5. The lowest BCUT2D eigenvalue weighted by Crippen LogP contribution is -2.25. The molecule has 6 heteroatoms. The van der Waals surface area contributed by atoms with Crippen LogP contribution in [0.15, 0.2) is 55.0 Å². The van der Waals surface area contributed by atoms with Gasteiger partial charge < -0.3 is 5.32 Å². The van der Waals surface area contributed by atoms with E-state index >= 15 is 0 Å². The smallest absolute Gasteiger partial charge is 0.244 e. The molecule has 25 heavy (non-hydrogen) atoms. The van der Waals surface area contributed by atoms with Crippen LogP contribution in [-0.2, 0) is 11.8 Å². The fourth-order valence-electron chi connectivity index (χ4n) is 2.71. The zero-order chi connectivity index (χ0) is 17.8. The molecule has 1 atom stereocenters. The molecule has 0 radical (unpaired) electrons. The number of rotatable bonds is 5. The standard InChI is InChI=1S/C19H21N5O/c1-14(22-19(25)10-9-16-11-20-23(3)13-16)18-12-21-24(15(18)2)17-7-5-4-6-8-17/h4-14H,1-3H3,(H,22,25)/b10-9+/t14-/m1/s1. The molecule has 6 nitrogen and oxygen atoms in total. The summed E-state index contributed by atoms with van der Waals surface area (Å²) in [5.41, 5.74) is 3.89. The Balaban J connectivity index is 1.69. The first-order valence-corrected chi connectivity index (χ1v) is 8.12. The van der Waals surface area contributed by atoms with Crippen molar-refractivity contribution in [1.29, 1.82) is 0 Å². The highest BCUT2D eigenvalue weighted by molar-refractivity contribution is 5.91. The van der Waals surface area contributed by atoms with E-state index in [0.29, 0.717) is 0 Å². The molecule has 1 aromatic carbocycles. The number of nitrogens with zero attached hydrogens (tertiary/aromatic N) is 4. The number of benzene rings is 1. The monoisotopic (exact) mass is 335 g/mol. The van der Waals surface area contributed by atoms with Crippen LogP contribution in [0.3, 0.4) is 0 Å². The van der Waals surface area contributed by atoms with Gasteiger partial charge in [-0.1, -0.05) is 18.2 Å². The van der Waals surface area contributed by atoms with E-state index < -0.39 is 0 Å². The quantitative estimate of drug-likeness (QED) is 0.729. The third-order valence-electron chi connectivity index (χ3n) is 4.03. The Morgan fingerprint density at radius 3 is 2.64 bits per heavy atom. The average molecular weight is 335 g/mol. The van der Waals surface area contributed by atoms with Crippen LogP contribution in [-0.4, -0.2) is 25.5 Å². The molecule has 0 fully saturated rings. The zero-order valence-electron chi connectivity index (χ0n) is 14.5. The molecule has 1 amide bonds. The van der Waals surface area contributed by atoms with Crippen molar-refractivity contribution < 1.29 is 4.79 Å². The predicted octanol–water partition coefficient (Wildman–Crippen LogP) is 2.80. The minimum absolute atomic E-state index is 0.136. The summed E-state index contributed by atoms with van der Waals surface area (Å²) >= 11 is 0. The van der Waals surface area contributed by atoms with Gasteiger partial charge in [0, 0.05) is 36.1 Å². The number of aryl methyl sites for hydroxylation is 1. The largest absolute Gasteiger partial charge is 0.346 e. The van der Waals surface area contributed by atoms with Crippen LogP contribution in [0.5, 0.6) is 0 Å². The van der Waals surface area contributed by atoms with Crippen LogP contribution in [0.4, 0.5) is 0 Å². The SMILES string of the molecule is Cc1c([C@@H](C)NC(=O)/C=C/c2cnn(C)c2)cnn1-c1ccccc1. The molecule has 0 aliphatic carbocycles. The summed E-state index contributed by atoms with van der Waals surface area (Å²) in [6.07, 6.45) is 8.63. The second-order valence-corrected chi connectivity index (χ2v) is 5.94. The molecule has 0 saturated heterocycles. The van der Waals surface area contributed by atoms with Gasteiger partial charge in [-0.2, -0.15) is 10.2 Å². The summed E-state index contributed by atoms with van der Waals surface area (Å²) in [5, 5.41) is 11.5. The van der Waals surface area contributed by atoms with E-state index in [9.17, 15) is 4.79 Å². The first-order chi connectivity index (χ1) is 12.0. The molecule has 128 valence electrons. The number of carbonyl (C=O) groups excluding carboxylic acids is 1. The van der Waals surface area contributed by atoms with Crippen molar-refractivity contribution in [2.24, 2.45) is 7.05 Å². The molecule has 0 aliphatic rings. The van der Waals surface area contributed by atoms with Gasteiger partial charge in [0.2, 0.25) is 5.91 Å². The van der Waals surface area contributed by atoms with E-state index in [1.165, 1.54) is 6.08 Å². The number of carbonyl (C=O) groups is 1. The minimum atomic E-state index is -0.150. The second-order valence-electron chi connectivity index (χ2n) is 5.94. The lowest BCUT2D eigenvalue weighted by Gasteiger charge is -2.12. The summed E-state index contributed by atoms with van der Waals surface area (Å²) in [4.78, 5) is 12.1. The van der Waals surface area contributed by atoms with Gasteiger partial charge in [-0.25, -0.2) is 4.68 Å². The predicted molar refractivity (Wildman–Crippen MR) is 97.1 cm³/mol. The highest BCUT2D eigenvalue weighted by atomic mass is 16.1. The molecule has 2 aromatic heterocycles. The number of para-hydroxylation sites is 1. The van der Waals surface area contributed by atoms with Crippen LogP contribution < -0.4 is 5.32 Å². The Kier molecular flexibility index (Phi) is 4.79. The van der Waals surface area contributed by atoms with Crippen molar-refractivity contribution in [2.75, 3.05) is 0 Å². The molecule has 0 bridgehead atoms. The van der Waals surface area contributed by atoms with Gasteiger partial charge in [-0.3, -0.25) is 9.48 Å². The van der Waals surface area contributed by atoms with Crippen LogP contribution in [0.2, 0.25) is 0 Å². The van der Waals surface area contributed by atoms with E-state index in [2.05, 4.69) is 15.5 Å². The van der Waals surface area contributed by atoms with Crippen molar-refractivity contribution in [2.45, 2.75) is 19.9 Å². The maximum Gasteiger partial charge on any atom is 0.244 e. The lowest BCUT2D eigenvalue weighted by molar-refractivity contribution is -0.117. The van der Waals surface area contributed by atoms with Crippen molar-refractivity contribution in [3.63, 3.8) is 0 Å². The Morgan fingerprint density at radius 2 is 1.96 bits per heavy atom. The van der Waals surface area contributed by atoms with Crippen molar-refractivity contribution in [3.05, 3.63) is 71.8 Å². The molecule has 1 N–H and O–H groups in total. The van der Waals surface area contributed by atoms with Gasteiger partial charge in [-0.05, 0) is 32.1 Å². The Hall–Kier alpha value is -3.15. The van der Waals surface area contributed by atoms with Crippen LogP contribution in [0, 0.1) is 6.92 Å². The van der Waals surface area contributed by atoms with Crippen molar-refractivity contribution >= 4 is 12.0 Å². The first kappa shape index (κ1) is 16.7. The summed E-state index contributed by atoms with van der Waals surface area (Å²) in [6, 6.07) is 9.80. The van der Waals surface area contributed by atoms with Gasteiger partial charge >= 0.3 is 0 Å². The molecular formula is C19H21N5O. The molecule has 0 spiro atoms. The summed E-state index contributed by atoms with van der Waals surface area (Å²) in [7, 11) is 1.84. The molecule has 3 aromatic rings. The van der Waals surface area contributed by atoms with Crippen molar-refractivity contribution in [3.8, 4) is 5.69 Å². The van der Waals surface area contributed by atoms with E-state index in [0.717, 1.165) is 22.5 Å². The van der Waals surface area contributed by atoms with E-state index in [4.69, 9.17) is 0 Å². The van der Waals surface area contributed by atoms with Gasteiger partial charge in [-0.15, -0.1) is 0 Å². The summed E-state index contributed by atoms with van der Waals surface area (Å²) in [6.45, 7) is 3.96. The van der Waals surface area contributed by atoms with Gasteiger partial charge in [0.15, 0.2) is 0 Å². The maximum absolute atomic E-state index is 12.1. The third-order valence-corrected chi connectivity index (χ3v) is 4.03. The number of hydrogen-bond donors (Lipinski definition) is 1. The lowest BCUT2D eigenvalue weighted by atomic mass is 10.1. The normalized spacial score (nSPS) is 12.4. The number of aromatic nitrogens is 4. The molecule has 0 unspecified atom stereocenters. The molecular weight excluding hydrogens is 314 g/mol.